The zero-order valence-corrected chi connectivity index (χ0v) is 7.34. The molecular formula is C9H12OS. The third kappa shape index (κ3) is 2.24. The van der Waals surface area contributed by atoms with Gasteiger partial charge in [-0.2, -0.15) is 11.8 Å². The van der Waals surface area contributed by atoms with Gasteiger partial charge in [-0.3, -0.25) is 0 Å². The van der Waals surface area contributed by atoms with Crippen LogP contribution >= 0.6 is 11.8 Å². The van der Waals surface area contributed by atoms with Crippen LogP contribution in [0.25, 0.3) is 0 Å². The van der Waals surface area contributed by atoms with Gasteiger partial charge in [0.25, 0.3) is 0 Å². The molecule has 1 unspecified atom stereocenters. The molecule has 60 valence electrons. The van der Waals surface area contributed by atoms with Crippen molar-refractivity contribution in [3.8, 4) is 0 Å². The first-order valence-corrected chi connectivity index (χ1v) is 4.86. The van der Waals surface area contributed by atoms with Crippen molar-refractivity contribution in [2.45, 2.75) is 5.25 Å². The summed E-state index contributed by atoms with van der Waals surface area (Å²) in [5.41, 5.74) is 1.20. The van der Waals surface area contributed by atoms with Crippen LogP contribution in [-0.4, -0.2) is 18.0 Å². The van der Waals surface area contributed by atoms with Crippen molar-refractivity contribution in [2.75, 3.05) is 12.9 Å². The van der Waals surface area contributed by atoms with Crippen molar-refractivity contribution in [1.29, 1.82) is 0 Å². The molecule has 0 aliphatic rings. The Morgan fingerprint density at radius 3 is 2.45 bits per heavy atom. The molecule has 2 heteroatoms. The van der Waals surface area contributed by atoms with Crippen molar-refractivity contribution in [3.63, 3.8) is 0 Å². The van der Waals surface area contributed by atoms with Crippen LogP contribution in [-0.2, 0) is 0 Å². The molecule has 0 heterocycles. The largest absolute Gasteiger partial charge is 0.395 e. The van der Waals surface area contributed by atoms with Crippen LogP contribution in [0, 0.1) is 0 Å². The van der Waals surface area contributed by atoms with Crippen LogP contribution in [0.2, 0.25) is 0 Å². The molecule has 0 fully saturated rings. The van der Waals surface area contributed by atoms with Gasteiger partial charge in [-0.05, 0) is 11.8 Å². The zero-order chi connectivity index (χ0) is 8.10. The summed E-state index contributed by atoms with van der Waals surface area (Å²) in [6.07, 6.45) is 2.01. The van der Waals surface area contributed by atoms with Crippen LogP contribution in [0.1, 0.15) is 10.8 Å². The summed E-state index contributed by atoms with van der Waals surface area (Å²) in [6, 6.07) is 10.1. The maximum atomic E-state index is 8.96. The fourth-order valence-corrected chi connectivity index (χ4v) is 1.56. The third-order valence-electron chi connectivity index (χ3n) is 1.62. The molecule has 0 saturated heterocycles. The number of hydrogen-bond donors (Lipinski definition) is 1. The van der Waals surface area contributed by atoms with E-state index in [0.29, 0.717) is 0 Å². The Labute approximate surface area is 71.4 Å². The Morgan fingerprint density at radius 1 is 1.36 bits per heavy atom. The van der Waals surface area contributed by atoms with Gasteiger partial charge in [-0.1, -0.05) is 30.3 Å². The Hall–Kier alpha value is -0.470. The van der Waals surface area contributed by atoms with Crippen LogP contribution in [0.3, 0.4) is 0 Å². The third-order valence-corrected chi connectivity index (χ3v) is 2.61. The highest BCUT2D eigenvalue weighted by atomic mass is 32.2. The Kier molecular flexibility index (Phi) is 3.46. The van der Waals surface area contributed by atoms with E-state index in [1.54, 1.807) is 11.8 Å². The maximum absolute atomic E-state index is 8.96. The molecule has 0 bridgehead atoms. The van der Waals surface area contributed by atoms with Gasteiger partial charge in [0.05, 0.1) is 11.9 Å². The highest BCUT2D eigenvalue weighted by Gasteiger charge is 2.05. The number of hydrogen-bond acceptors (Lipinski definition) is 2. The first-order chi connectivity index (χ1) is 5.38. The van der Waals surface area contributed by atoms with Gasteiger partial charge in [0.1, 0.15) is 0 Å². The molecule has 1 rings (SSSR count). The van der Waals surface area contributed by atoms with Crippen LogP contribution < -0.4 is 0 Å². The van der Waals surface area contributed by atoms with Crippen LogP contribution in [0.4, 0.5) is 0 Å². The predicted molar refractivity (Wildman–Crippen MR) is 49.8 cm³/mol. The first kappa shape index (κ1) is 8.62. The van der Waals surface area contributed by atoms with E-state index in [2.05, 4.69) is 0 Å². The van der Waals surface area contributed by atoms with E-state index in [1.807, 2.05) is 36.6 Å². The summed E-state index contributed by atoms with van der Waals surface area (Å²) in [6.45, 7) is 0.213. The second kappa shape index (κ2) is 4.42. The Morgan fingerprint density at radius 2 is 2.00 bits per heavy atom. The molecule has 0 aliphatic heterocycles. The molecule has 0 radical (unpaired) electrons. The number of aliphatic hydroxyl groups excluding tert-OH is 1. The van der Waals surface area contributed by atoms with Gasteiger partial charge < -0.3 is 5.11 Å². The second-order valence-electron chi connectivity index (χ2n) is 2.32. The van der Waals surface area contributed by atoms with Crippen molar-refractivity contribution in [1.82, 2.24) is 0 Å². The van der Waals surface area contributed by atoms with E-state index >= 15 is 0 Å². The molecule has 0 aliphatic carbocycles. The highest BCUT2D eigenvalue weighted by molar-refractivity contribution is 7.98. The van der Waals surface area contributed by atoms with Gasteiger partial charge >= 0.3 is 0 Å². The van der Waals surface area contributed by atoms with Crippen molar-refractivity contribution in [3.05, 3.63) is 35.9 Å². The van der Waals surface area contributed by atoms with E-state index in [4.69, 9.17) is 5.11 Å². The van der Waals surface area contributed by atoms with E-state index < -0.39 is 0 Å². The minimum absolute atomic E-state index is 0.213. The van der Waals surface area contributed by atoms with E-state index in [-0.39, 0.29) is 11.9 Å². The number of rotatable bonds is 3. The standard InChI is InChI=1S/C9H12OS/c1-11-9(7-10)8-5-3-2-4-6-8/h2-6,9-10H,7H2,1H3. The average Bonchev–Trinajstić information content (AvgIpc) is 2.09. The molecule has 0 spiro atoms. The molecule has 0 amide bonds. The van der Waals surface area contributed by atoms with Gasteiger partial charge in [0, 0.05) is 0 Å². The molecule has 1 nitrogen and oxygen atoms in total. The van der Waals surface area contributed by atoms with Gasteiger partial charge in [-0.15, -0.1) is 0 Å². The summed E-state index contributed by atoms with van der Waals surface area (Å²) in [5.74, 6) is 0. The molecule has 1 N–H and O–H groups in total. The van der Waals surface area contributed by atoms with E-state index in [1.165, 1.54) is 5.56 Å². The Bertz CT molecular complexity index is 194. The molecule has 1 aromatic carbocycles. The summed E-state index contributed by atoms with van der Waals surface area (Å²) < 4.78 is 0. The average molecular weight is 168 g/mol. The normalized spacial score (nSPS) is 12.9. The summed E-state index contributed by atoms with van der Waals surface area (Å²) in [4.78, 5) is 0. The van der Waals surface area contributed by atoms with Crippen LogP contribution in [0.5, 0.6) is 0 Å². The van der Waals surface area contributed by atoms with Crippen molar-refractivity contribution in [2.24, 2.45) is 0 Å². The molecule has 1 atom stereocenters. The van der Waals surface area contributed by atoms with Gasteiger partial charge in [0.15, 0.2) is 0 Å². The summed E-state index contributed by atoms with van der Waals surface area (Å²) >= 11 is 1.67. The fraction of sp³-hybridized carbons (Fsp3) is 0.333. The molecule has 0 aromatic heterocycles. The quantitative estimate of drug-likeness (QED) is 0.745. The smallest absolute Gasteiger partial charge is 0.0590 e. The summed E-state index contributed by atoms with van der Waals surface area (Å²) in [7, 11) is 0. The molecule has 11 heavy (non-hydrogen) atoms. The van der Waals surface area contributed by atoms with Gasteiger partial charge in [0.2, 0.25) is 0 Å². The van der Waals surface area contributed by atoms with Gasteiger partial charge in [-0.25, -0.2) is 0 Å². The molecular weight excluding hydrogens is 156 g/mol. The van der Waals surface area contributed by atoms with Crippen molar-refractivity contribution < 1.29 is 5.11 Å². The monoisotopic (exact) mass is 168 g/mol. The Balaban J connectivity index is 2.74. The maximum Gasteiger partial charge on any atom is 0.0590 e. The first-order valence-electron chi connectivity index (χ1n) is 3.57. The number of aliphatic hydroxyl groups is 1. The predicted octanol–water partition coefficient (Wildman–Crippen LogP) is 2.08. The van der Waals surface area contributed by atoms with E-state index in [9.17, 15) is 0 Å². The lowest BCUT2D eigenvalue weighted by atomic mass is 10.2. The minimum Gasteiger partial charge on any atom is -0.395 e. The lowest BCUT2D eigenvalue weighted by Gasteiger charge is -2.10. The molecule has 1 aromatic rings. The molecule has 0 saturated carbocycles. The van der Waals surface area contributed by atoms with E-state index in [0.717, 1.165) is 0 Å². The SMILES string of the molecule is CSC(CO)c1ccccc1. The lowest BCUT2D eigenvalue weighted by Crippen LogP contribution is -1.97. The van der Waals surface area contributed by atoms with Crippen LogP contribution in [0.15, 0.2) is 30.3 Å². The fourth-order valence-electron chi connectivity index (χ4n) is 0.984. The zero-order valence-electron chi connectivity index (χ0n) is 6.53. The highest BCUT2D eigenvalue weighted by Crippen LogP contribution is 2.24. The second-order valence-corrected chi connectivity index (χ2v) is 3.36. The minimum atomic E-state index is 0.213. The number of benzene rings is 1. The summed E-state index contributed by atoms with van der Waals surface area (Å²) in [5, 5.41) is 9.19. The lowest BCUT2D eigenvalue weighted by molar-refractivity contribution is 0.296. The topological polar surface area (TPSA) is 20.2 Å². The number of thioether (sulfide) groups is 1. The van der Waals surface area contributed by atoms with Crippen molar-refractivity contribution >= 4 is 11.8 Å².